The van der Waals surface area contributed by atoms with E-state index in [9.17, 15) is 14.7 Å². The molecule has 1 N–H and O–H groups in total. The molecular formula is C21H23BrN4O3. The Labute approximate surface area is 178 Å². The van der Waals surface area contributed by atoms with Crippen molar-refractivity contribution in [2.24, 2.45) is 0 Å². The molecule has 8 heteroatoms. The first-order valence-corrected chi connectivity index (χ1v) is 9.99. The topological polar surface area (TPSA) is 86.6 Å². The Morgan fingerprint density at radius 1 is 1.28 bits per heavy atom. The number of aliphatic hydroxyl groups is 1. The highest BCUT2D eigenvalue weighted by Gasteiger charge is 2.46. The molecule has 1 fully saturated rings. The minimum absolute atomic E-state index is 0.0578. The van der Waals surface area contributed by atoms with Crippen LogP contribution in [0.2, 0.25) is 0 Å². The molecule has 0 bridgehead atoms. The molecule has 7 nitrogen and oxygen atoms in total. The predicted molar refractivity (Wildman–Crippen MR) is 113 cm³/mol. The van der Waals surface area contributed by atoms with E-state index in [1.165, 1.54) is 11.1 Å². The number of benzene rings is 1. The largest absolute Gasteiger partial charge is 0.507 e. The number of rotatable bonds is 5. The molecule has 2 aromatic rings. The molecule has 1 aromatic carbocycles. The minimum atomic E-state index is -0.703. The van der Waals surface area contributed by atoms with E-state index in [-0.39, 0.29) is 11.3 Å². The Hall–Kier alpha value is -2.58. The molecule has 29 heavy (non-hydrogen) atoms. The summed E-state index contributed by atoms with van der Waals surface area (Å²) in [5.41, 5.74) is 1.69. The number of ketones is 1. The molecule has 1 amide bonds. The van der Waals surface area contributed by atoms with E-state index in [4.69, 9.17) is 0 Å². The number of halogens is 1. The second-order valence-electron chi connectivity index (χ2n) is 7.27. The number of aryl methyl sites for hydroxylation is 2. The van der Waals surface area contributed by atoms with Gasteiger partial charge in [-0.2, -0.15) is 0 Å². The van der Waals surface area contributed by atoms with Gasteiger partial charge in [0.15, 0.2) is 0 Å². The fourth-order valence-electron chi connectivity index (χ4n) is 3.40. The lowest BCUT2D eigenvalue weighted by Gasteiger charge is -2.26. The van der Waals surface area contributed by atoms with Gasteiger partial charge in [-0.3, -0.25) is 9.59 Å². The van der Waals surface area contributed by atoms with Crippen LogP contribution in [0.25, 0.3) is 5.76 Å². The van der Waals surface area contributed by atoms with Crippen molar-refractivity contribution in [2.75, 3.05) is 27.2 Å². The zero-order chi connectivity index (χ0) is 21.3. The number of hydrogen-bond acceptors (Lipinski definition) is 6. The van der Waals surface area contributed by atoms with Crippen molar-refractivity contribution in [2.45, 2.75) is 19.9 Å². The molecule has 1 aliphatic rings. The summed E-state index contributed by atoms with van der Waals surface area (Å²) < 4.78 is 0.822. The number of aromatic nitrogens is 2. The molecule has 1 saturated heterocycles. The summed E-state index contributed by atoms with van der Waals surface area (Å²) in [4.78, 5) is 37.7. The van der Waals surface area contributed by atoms with Gasteiger partial charge in [-0.1, -0.05) is 28.1 Å². The number of Topliss-reactive ketones (excluding diaryl/α,β-unsaturated/α-hetero) is 1. The zero-order valence-corrected chi connectivity index (χ0v) is 18.4. The summed E-state index contributed by atoms with van der Waals surface area (Å²) in [7, 11) is 3.80. The Bertz CT molecular complexity index is 1000. The van der Waals surface area contributed by atoms with Gasteiger partial charge in [0.1, 0.15) is 11.6 Å². The van der Waals surface area contributed by atoms with Gasteiger partial charge in [-0.05, 0) is 45.6 Å². The third kappa shape index (κ3) is 4.23. The van der Waals surface area contributed by atoms with E-state index >= 15 is 0 Å². The Balaban J connectivity index is 2.19. The van der Waals surface area contributed by atoms with Crippen LogP contribution in [0, 0.1) is 13.8 Å². The summed E-state index contributed by atoms with van der Waals surface area (Å²) in [5.74, 6) is -1.01. The number of aliphatic hydroxyl groups excluding tert-OH is 1. The summed E-state index contributed by atoms with van der Waals surface area (Å²) >= 11 is 3.45. The first-order valence-electron chi connectivity index (χ1n) is 9.20. The maximum atomic E-state index is 12.9. The van der Waals surface area contributed by atoms with Crippen LogP contribution in [0.3, 0.4) is 0 Å². The van der Waals surface area contributed by atoms with Crippen molar-refractivity contribution in [1.82, 2.24) is 19.8 Å². The number of carbonyl (C=O) groups is 2. The number of likely N-dealkylation sites (tertiary alicyclic amines) is 1. The molecule has 152 valence electrons. The smallest absolute Gasteiger partial charge is 0.295 e. The molecule has 0 spiro atoms. The van der Waals surface area contributed by atoms with Crippen LogP contribution >= 0.6 is 15.9 Å². The molecule has 1 atom stereocenters. The third-order valence-electron chi connectivity index (χ3n) is 4.85. The third-order valence-corrected chi connectivity index (χ3v) is 5.34. The van der Waals surface area contributed by atoms with Crippen LogP contribution < -0.4 is 0 Å². The SMILES string of the molecule is Cc1ncc(C(O)=C2C(=O)C(=O)N(CCN(C)C)[C@@H]2c2cccc(Br)c2)c(C)n1. The molecule has 1 aliphatic heterocycles. The molecule has 3 rings (SSSR count). The summed E-state index contributed by atoms with van der Waals surface area (Å²) in [6.07, 6.45) is 1.48. The second-order valence-corrected chi connectivity index (χ2v) is 8.18. The van der Waals surface area contributed by atoms with Crippen molar-refractivity contribution in [3.63, 3.8) is 0 Å². The highest BCUT2D eigenvalue weighted by molar-refractivity contribution is 9.10. The van der Waals surface area contributed by atoms with Crippen LogP contribution in [0.1, 0.15) is 28.7 Å². The van der Waals surface area contributed by atoms with Gasteiger partial charge in [0.25, 0.3) is 11.7 Å². The van der Waals surface area contributed by atoms with E-state index < -0.39 is 17.7 Å². The number of likely N-dealkylation sites (N-methyl/N-ethyl adjacent to an activating group) is 1. The maximum absolute atomic E-state index is 12.9. The van der Waals surface area contributed by atoms with Gasteiger partial charge >= 0.3 is 0 Å². The van der Waals surface area contributed by atoms with Crippen LogP contribution in [0.15, 0.2) is 40.5 Å². The highest BCUT2D eigenvalue weighted by atomic mass is 79.9. The normalized spacial score (nSPS) is 18.7. The average Bonchev–Trinajstić information content (AvgIpc) is 2.90. The van der Waals surface area contributed by atoms with E-state index in [0.717, 1.165) is 10.0 Å². The Kier molecular flexibility index (Phi) is 6.14. The molecule has 1 aromatic heterocycles. The van der Waals surface area contributed by atoms with Crippen molar-refractivity contribution in [1.29, 1.82) is 0 Å². The minimum Gasteiger partial charge on any atom is -0.507 e. The van der Waals surface area contributed by atoms with E-state index in [0.29, 0.717) is 30.2 Å². The monoisotopic (exact) mass is 458 g/mol. The quantitative estimate of drug-likeness (QED) is 0.421. The molecule has 0 radical (unpaired) electrons. The van der Waals surface area contributed by atoms with Crippen LogP contribution in [-0.4, -0.2) is 63.7 Å². The van der Waals surface area contributed by atoms with E-state index in [2.05, 4.69) is 25.9 Å². The van der Waals surface area contributed by atoms with Gasteiger partial charge in [-0.25, -0.2) is 9.97 Å². The number of carbonyl (C=O) groups excluding carboxylic acids is 2. The number of amides is 1. The van der Waals surface area contributed by atoms with Crippen LogP contribution in [0.5, 0.6) is 0 Å². The average molecular weight is 459 g/mol. The van der Waals surface area contributed by atoms with Gasteiger partial charge < -0.3 is 14.9 Å². The first-order chi connectivity index (χ1) is 13.7. The number of hydrogen-bond donors (Lipinski definition) is 1. The lowest BCUT2D eigenvalue weighted by molar-refractivity contribution is -0.140. The van der Waals surface area contributed by atoms with Gasteiger partial charge in [0.2, 0.25) is 0 Å². The first kappa shape index (κ1) is 21.1. The van der Waals surface area contributed by atoms with Crippen molar-refractivity contribution >= 4 is 33.4 Å². The molecule has 2 heterocycles. The fraction of sp³-hybridized carbons (Fsp3) is 0.333. The van der Waals surface area contributed by atoms with Crippen molar-refractivity contribution < 1.29 is 14.7 Å². The van der Waals surface area contributed by atoms with E-state index in [1.807, 2.05) is 43.3 Å². The lowest BCUT2D eigenvalue weighted by Crippen LogP contribution is -2.35. The van der Waals surface area contributed by atoms with Crippen molar-refractivity contribution in [3.05, 3.63) is 63.2 Å². The summed E-state index contributed by atoms with van der Waals surface area (Å²) in [6.45, 7) is 4.43. The second kappa shape index (κ2) is 8.42. The summed E-state index contributed by atoms with van der Waals surface area (Å²) in [6, 6.07) is 6.72. The summed E-state index contributed by atoms with van der Waals surface area (Å²) in [5, 5.41) is 11.1. The zero-order valence-electron chi connectivity index (χ0n) is 16.8. The molecule has 0 unspecified atom stereocenters. The van der Waals surface area contributed by atoms with Gasteiger partial charge in [0.05, 0.1) is 22.9 Å². The van der Waals surface area contributed by atoms with Gasteiger partial charge in [0, 0.05) is 23.8 Å². The fourth-order valence-corrected chi connectivity index (χ4v) is 3.82. The molecule has 0 aliphatic carbocycles. The molecular weight excluding hydrogens is 436 g/mol. The predicted octanol–water partition coefficient (Wildman–Crippen LogP) is 2.84. The van der Waals surface area contributed by atoms with Crippen LogP contribution in [0.4, 0.5) is 0 Å². The van der Waals surface area contributed by atoms with Crippen molar-refractivity contribution in [3.8, 4) is 0 Å². The maximum Gasteiger partial charge on any atom is 0.295 e. The molecule has 0 saturated carbocycles. The Morgan fingerprint density at radius 2 is 2.00 bits per heavy atom. The van der Waals surface area contributed by atoms with Gasteiger partial charge in [-0.15, -0.1) is 0 Å². The van der Waals surface area contributed by atoms with Crippen LogP contribution in [-0.2, 0) is 9.59 Å². The number of nitrogens with zero attached hydrogens (tertiary/aromatic N) is 4. The lowest BCUT2D eigenvalue weighted by atomic mass is 9.95. The van der Waals surface area contributed by atoms with E-state index in [1.54, 1.807) is 13.8 Å². The Morgan fingerprint density at radius 3 is 2.62 bits per heavy atom. The highest BCUT2D eigenvalue weighted by Crippen LogP contribution is 2.40. The standard InChI is InChI=1S/C21H23BrN4O3/c1-12-16(11-23-13(2)24-12)19(27)17-18(14-6-5-7-15(22)10-14)26(9-8-25(3)4)21(29)20(17)28/h5-7,10-11,18,27H,8-9H2,1-4H3/t18-/m1/s1.